The molecule has 3 heterocycles. The standard InChI is InChI=1S/C26H27FN4O3S/c1-4-21(32)29-9-11-30(12-10-29)25-20-13-16(2)22(17-5-7-18(27)8-6-17)24-23(20)31(26(33)28-25)14-19(34-3)15-35-24/h4-8,13,19H,1,9-12,14-15H2,2-3H3/t19-/m0/s1. The van der Waals surface area contributed by atoms with E-state index in [0.717, 1.165) is 32.5 Å². The molecule has 2 aromatic carbocycles. The second kappa shape index (κ2) is 9.47. The Labute approximate surface area is 207 Å². The van der Waals surface area contributed by atoms with Crippen molar-refractivity contribution in [3.8, 4) is 11.1 Å². The number of rotatable bonds is 4. The molecule has 1 atom stereocenters. The minimum Gasteiger partial charge on any atom is -0.379 e. The summed E-state index contributed by atoms with van der Waals surface area (Å²) >= 11 is 1.66. The summed E-state index contributed by atoms with van der Waals surface area (Å²) in [6.45, 7) is 8.25. The molecule has 9 heteroatoms. The van der Waals surface area contributed by atoms with Gasteiger partial charge in [0.1, 0.15) is 11.6 Å². The van der Waals surface area contributed by atoms with Gasteiger partial charge in [-0.25, -0.2) is 9.18 Å². The predicted octanol–water partition coefficient (Wildman–Crippen LogP) is 3.47. The van der Waals surface area contributed by atoms with Gasteiger partial charge in [-0.2, -0.15) is 4.98 Å². The Morgan fingerprint density at radius 1 is 1.23 bits per heavy atom. The van der Waals surface area contributed by atoms with Crippen LogP contribution in [0.25, 0.3) is 22.0 Å². The van der Waals surface area contributed by atoms with Crippen LogP contribution in [0.5, 0.6) is 0 Å². The lowest BCUT2D eigenvalue weighted by molar-refractivity contribution is -0.126. The van der Waals surface area contributed by atoms with Crippen LogP contribution in [0.3, 0.4) is 0 Å². The number of anilines is 1. The van der Waals surface area contributed by atoms with E-state index in [1.807, 2.05) is 6.92 Å². The molecule has 0 unspecified atom stereocenters. The number of nitrogens with zero attached hydrogens (tertiary/aromatic N) is 4. The first kappa shape index (κ1) is 23.6. The highest BCUT2D eigenvalue weighted by Crippen LogP contribution is 2.43. The molecular weight excluding hydrogens is 467 g/mol. The van der Waals surface area contributed by atoms with Crippen molar-refractivity contribution >= 4 is 34.4 Å². The molecule has 0 saturated carbocycles. The summed E-state index contributed by atoms with van der Waals surface area (Å²) in [7, 11) is 1.65. The fourth-order valence-electron chi connectivity index (χ4n) is 4.89. The van der Waals surface area contributed by atoms with Crippen molar-refractivity contribution < 1.29 is 13.9 Å². The van der Waals surface area contributed by atoms with E-state index in [0.29, 0.717) is 44.3 Å². The molecular formula is C26H27FN4O3S. The van der Waals surface area contributed by atoms with Crippen LogP contribution in [0.4, 0.5) is 10.2 Å². The molecule has 35 heavy (non-hydrogen) atoms. The first-order valence-corrected chi connectivity index (χ1v) is 12.6. The van der Waals surface area contributed by atoms with Gasteiger partial charge < -0.3 is 14.5 Å². The predicted molar refractivity (Wildman–Crippen MR) is 137 cm³/mol. The average Bonchev–Trinajstić information content (AvgIpc) is 3.07. The third-order valence-electron chi connectivity index (χ3n) is 6.73. The number of carbonyl (C=O) groups excluding carboxylic acids is 1. The molecule has 0 bridgehead atoms. The minimum absolute atomic E-state index is 0.0900. The summed E-state index contributed by atoms with van der Waals surface area (Å²) < 4.78 is 21.0. The van der Waals surface area contributed by atoms with Gasteiger partial charge in [-0.15, -0.1) is 11.8 Å². The van der Waals surface area contributed by atoms with E-state index < -0.39 is 0 Å². The molecule has 0 radical (unpaired) electrons. The van der Waals surface area contributed by atoms with E-state index in [9.17, 15) is 14.0 Å². The van der Waals surface area contributed by atoms with Gasteiger partial charge in [-0.3, -0.25) is 9.36 Å². The number of hydrogen-bond acceptors (Lipinski definition) is 6. The zero-order valence-corrected chi connectivity index (χ0v) is 20.6. The van der Waals surface area contributed by atoms with Crippen molar-refractivity contribution in [1.82, 2.24) is 14.5 Å². The number of thioether (sulfide) groups is 1. The quantitative estimate of drug-likeness (QED) is 0.518. The number of carbonyl (C=O) groups is 1. The molecule has 5 rings (SSSR count). The molecule has 0 N–H and O–H groups in total. The highest BCUT2D eigenvalue weighted by atomic mass is 32.2. The van der Waals surface area contributed by atoms with Crippen LogP contribution in [-0.2, 0) is 16.1 Å². The molecule has 2 aliphatic rings. The highest BCUT2D eigenvalue weighted by molar-refractivity contribution is 7.99. The van der Waals surface area contributed by atoms with Crippen LogP contribution in [0.2, 0.25) is 0 Å². The van der Waals surface area contributed by atoms with E-state index in [1.165, 1.54) is 18.2 Å². The summed E-state index contributed by atoms with van der Waals surface area (Å²) in [4.78, 5) is 34.7. The van der Waals surface area contributed by atoms with E-state index in [2.05, 4.69) is 22.5 Å². The first-order chi connectivity index (χ1) is 16.9. The molecule has 182 valence electrons. The van der Waals surface area contributed by atoms with Crippen LogP contribution >= 0.6 is 11.8 Å². The minimum atomic E-state index is -0.322. The summed E-state index contributed by atoms with van der Waals surface area (Å²) in [5.41, 5.74) is 3.43. The fourth-order valence-corrected chi connectivity index (χ4v) is 6.27. The zero-order chi connectivity index (χ0) is 24.7. The second-order valence-corrected chi connectivity index (χ2v) is 9.84. The summed E-state index contributed by atoms with van der Waals surface area (Å²) in [5.74, 6) is 0.941. The fraction of sp³-hybridized carbons (Fsp3) is 0.346. The Morgan fingerprint density at radius 3 is 2.60 bits per heavy atom. The van der Waals surface area contributed by atoms with Crippen molar-refractivity contribution in [2.75, 3.05) is 43.9 Å². The van der Waals surface area contributed by atoms with E-state index >= 15 is 0 Å². The molecule has 0 aliphatic carbocycles. The van der Waals surface area contributed by atoms with Gasteiger partial charge in [0.2, 0.25) is 5.91 Å². The van der Waals surface area contributed by atoms with Gasteiger partial charge in [-0.1, -0.05) is 18.7 Å². The van der Waals surface area contributed by atoms with Gasteiger partial charge in [0.25, 0.3) is 0 Å². The number of ether oxygens (including phenoxy) is 1. The van der Waals surface area contributed by atoms with Crippen LogP contribution < -0.4 is 10.6 Å². The molecule has 2 aliphatic heterocycles. The van der Waals surface area contributed by atoms with Crippen LogP contribution in [0.15, 0.2) is 52.7 Å². The number of benzene rings is 2. The van der Waals surface area contributed by atoms with Crippen molar-refractivity contribution in [1.29, 1.82) is 0 Å². The Kier molecular flexibility index (Phi) is 6.37. The van der Waals surface area contributed by atoms with Gasteiger partial charge in [0, 0.05) is 54.9 Å². The zero-order valence-electron chi connectivity index (χ0n) is 19.8. The van der Waals surface area contributed by atoms with Gasteiger partial charge >= 0.3 is 5.69 Å². The van der Waals surface area contributed by atoms with Crippen molar-refractivity contribution in [2.24, 2.45) is 0 Å². The Morgan fingerprint density at radius 2 is 1.94 bits per heavy atom. The van der Waals surface area contributed by atoms with Crippen LogP contribution in [0.1, 0.15) is 5.56 Å². The number of aryl methyl sites for hydroxylation is 1. The molecule has 3 aromatic rings. The van der Waals surface area contributed by atoms with Crippen molar-refractivity contribution in [3.63, 3.8) is 0 Å². The van der Waals surface area contributed by atoms with E-state index in [-0.39, 0.29) is 23.5 Å². The number of halogens is 1. The lowest BCUT2D eigenvalue weighted by atomic mass is 9.97. The number of hydrogen-bond donors (Lipinski definition) is 0. The SMILES string of the molecule is C=CC(=O)N1CCN(c2nc(=O)n3c4c(c(-c5ccc(F)cc5)c(C)cc24)SC[C@@H](OC)C3)CC1. The Bertz CT molecular complexity index is 1360. The topological polar surface area (TPSA) is 67.7 Å². The molecule has 1 fully saturated rings. The summed E-state index contributed by atoms with van der Waals surface area (Å²) in [6.07, 6.45) is 1.19. The van der Waals surface area contributed by atoms with E-state index in [1.54, 1.807) is 40.5 Å². The molecule has 0 spiro atoms. The average molecular weight is 495 g/mol. The van der Waals surface area contributed by atoms with Crippen molar-refractivity contribution in [2.45, 2.75) is 24.5 Å². The molecule has 1 saturated heterocycles. The Balaban J connectivity index is 1.70. The van der Waals surface area contributed by atoms with Crippen LogP contribution in [-0.4, -0.2) is 65.5 Å². The molecule has 1 aromatic heterocycles. The molecule has 7 nitrogen and oxygen atoms in total. The number of aromatic nitrogens is 2. The normalized spacial score (nSPS) is 18.0. The third-order valence-corrected chi connectivity index (χ3v) is 7.95. The smallest absolute Gasteiger partial charge is 0.350 e. The van der Waals surface area contributed by atoms with Gasteiger partial charge in [0.05, 0.1) is 18.2 Å². The first-order valence-electron chi connectivity index (χ1n) is 11.6. The lowest BCUT2D eigenvalue weighted by Crippen LogP contribution is -2.49. The van der Waals surface area contributed by atoms with Gasteiger partial charge in [0.15, 0.2) is 0 Å². The van der Waals surface area contributed by atoms with E-state index in [4.69, 9.17) is 4.74 Å². The monoisotopic (exact) mass is 494 g/mol. The summed E-state index contributed by atoms with van der Waals surface area (Å²) in [5, 5.41) is 0.899. The maximum atomic E-state index is 13.7. The highest BCUT2D eigenvalue weighted by Gasteiger charge is 2.29. The summed E-state index contributed by atoms with van der Waals surface area (Å²) in [6, 6.07) is 8.55. The lowest BCUT2D eigenvalue weighted by Gasteiger charge is -2.35. The second-order valence-electron chi connectivity index (χ2n) is 8.81. The number of amides is 1. The largest absolute Gasteiger partial charge is 0.379 e. The molecule has 1 amide bonds. The maximum absolute atomic E-state index is 13.7. The maximum Gasteiger partial charge on any atom is 0.350 e. The van der Waals surface area contributed by atoms with Gasteiger partial charge in [-0.05, 0) is 42.3 Å². The van der Waals surface area contributed by atoms with Crippen LogP contribution in [0, 0.1) is 12.7 Å². The van der Waals surface area contributed by atoms with Crippen molar-refractivity contribution in [3.05, 3.63) is 64.9 Å². The number of piperazine rings is 1. The Hall–Kier alpha value is -3.17. The number of methoxy groups -OCH3 is 1. The third kappa shape index (κ3) is 4.23.